The van der Waals surface area contributed by atoms with Crippen LogP contribution >= 0.6 is 0 Å². The van der Waals surface area contributed by atoms with E-state index in [1.54, 1.807) is 0 Å². The number of methoxy groups -OCH3 is 1. The zero-order chi connectivity index (χ0) is 8.85. The maximum Gasteiger partial charge on any atom is 0.310 e. The molecule has 0 unspecified atom stereocenters. The normalized spacial score (nSPS) is 8.00. The summed E-state index contributed by atoms with van der Waals surface area (Å²) in [4.78, 5) is 10.6. The molecule has 0 aromatic heterocycles. The van der Waals surface area contributed by atoms with Gasteiger partial charge in [-0.1, -0.05) is 12.5 Å². The van der Waals surface area contributed by atoms with Gasteiger partial charge in [0.1, 0.15) is 5.71 Å². The Balaban J connectivity index is 4.01. The minimum absolute atomic E-state index is 0.0144. The Bertz CT molecular complexity index is 235. The number of ether oxygens (including phenoxy) is 1. The standard InChI is InChI=1S/C8H9NO2/c1-4-7(9)6(2)5-8(10)11-3/h1,9H,2,5H2,3H3. The Morgan fingerprint density at radius 1 is 1.82 bits per heavy atom. The molecule has 3 heteroatoms. The fourth-order valence-corrected chi connectivity index (χ4v) is 0.437. The van der Waals surface area contributed by atoms with Crippen molar-refractivity contribution < 1.29 is 9.53 Å². The molecule has 0 aliphatic rings. The summed E-state index contributed by atoms with van der Waals surface area (Å²) in [6, 6.07) is 0. The maximum atomic E-state index is 10.6. The van der Waals surface area contributed by atoms with Crippen LogP contribution in [0.5, 0.6) is 0 Å². The monoisotopic (exact) mass is 151 g/mol. The van der Waals surface area contributed by atoms with Gasteiger partial charge in [-0.2, -0.15) is 0 Å². The summed E-state index contributed by atoms with van der Waals surface area (Å²) in [5, 5.41) is 7.07. The van der Waals surface area contributed by atoms with E-state index in [2.05, 4.69) is 17.2 Å². The van der Waals surface area contributed by atoms with Crippen LogP contribution in [0.4, 0.5) is 0 Å². The summed E-state index contributed by atoms with van der Waals surface area (Å²) < 4.78 is 4.35. The van der Waals surface area contributed by atoms with Crippen molar-refractivity contribution in [2.45, 2.75) is 6.42 Å². The van der Waals surface area contributed by atoms with Gasteiger partial charge in [-0.15, -0.1) is 6.42 Å². The number of rotatable bonds is 3. The van der Waals surface area contributed by atoms with Gasteiger partial charge in [-0.25, -0.2) is 0 Å². The van der Waals surface area contributed by atoms with Crippen LogP contribution in [0, 0.1) is 17.8 Å². The predicted octanol–water partition coefficient (Wildman–Crippen LogP) is 0.759. The molecule has 11 heavy (non-hydrogen) atoms. The Kier molecular flexibility index (Phi) is 3.68. The number of terminal acetylenes is 1. The quantitative estimate of drug-likeness (QED) is 0.368. The molecule has 1 N–H and O–H groups in total. The first-order valence-electron chi connectivity index (χ1n) is 2.92. The fraction of sp³-hybridized carbons (Fsp3) is 0.250. The smallest absolute Gasteiger partial charge is 0.310 e. The molecule has 0 aromatic carbocycles. The number of esters is 1. The molecule has 0 heterocycles. The molecular formula is C8H9NO2. The molecule has 0 spiro atoms. The zero-order valence-corrected chi connectivity index (χ0v) is 6.31. The van der Waals surface area contributed by atoms with Crippen molar-refractivity contribution in [3.05, 3.63) is 12.2 Å². The number of carbonyl (C=O) groups is 1. The van der Waals surface area contributed by atoms with Gasteiger partial charge in [-0.05, 0) is 5.57 Å². The van der Waals surface area contributed by atoms with Crippen molar-refractivity contribution in [3.63, 3.8) is 0 Å². The third kappa shape index (κ3) is 3.21. The first-order chi connectivity index (χ1) is 5.11. The molecule has 0 aromatic rings. The van der Waals surface area contributed by atoms with Crippen LogP contribution in [-0.4, -0.2) is 18.8 Å². The highest BCUT2D eigenvalue weighted by Gasteiger charge is 2.05. The van der Waals surface area contributed by atoms with Gasteiger partial charge in [0.05, 0.1) is 13.5 Å². The summed E-state index contributed by atoms with van der Waals surface area (Å²) in [7, 11) is 1.27. The van der Waals surface area contributed by atoms with Crippen LogP contribution < -0.4 is 0 Å². The van der Waals surface area contributed by atoms with E-state index in [0.29, 0.717) is 5.57 Å². The van der Waals surface area contributed by atoms with Crippen LogP contribution in [0.25, 0.3) is 0 Å². The lowest BCUT2D eigenvalue weighted by Crippen LogP contribution is -2.06. The van der Waals surface area contributed by atoms with E-state index < -0.39 is 5.97 Å². The number of hydrogen-bond acceptors (Lipinski definition) is 3. The van der Waals surface area contributed by atoms with Gasteiger partial charge in [-0.3, -0.25) is 10.2 Å². The van der Waals surface area contributed by atoms with Gasteiger partial charge in [0, 0.05) is 0 Å². The average Bonchev–Trinajstić information content (AvgIpc) is 2.02. The Morgan fingerprint density at radius 3 is 2.73 bits per heavy atom. The number of hydrogen-bond donors (Lipinski definition) is 1. The van der Waals surface area contributed by atoms with Crippen molar-refractivity contribution in [2.75, 3.05) is 7.11 Å². The van der Waals surface area contributed by atoms with Crippen molar-refractivity contribution >= 4 is 11.7 Å². The third-order valence-corrected chi connectivity index (χ3v) is 1.08. The van der Waals surface area contributed by atoms with Crippen molar-refractivity contribution in [1.82, 2.24) is 0 Å². The number of carbonyl (C=O) groups excluding carboxylic acids is 1. The topological polar surface area (TPSA) is 50.2 Å². The minimum atomic E-state index is -0.435. The van der Waals surface area contributed by atoms with E-state index in [9.17, 15) is 4.79 Å². The average molecular weight is 151 g/mol. The van der Waals surface area contributed by atoms with Crippen molar-refractivity contribution in [2.24, 2.45) is 0 Å². The van der Waals surface area contributed by atoms with Gasteiger partial charge < -0.3 is 4.74 Å². The molecule has 3 nitrogen and oxygen atoms in total. The summed E-state index contributed by atoms with van der Waals surface area (Å²) >= 11 is 0. The van der Waals surface area contributed by atoms with Crippen molar-refractivity contribution in [1.29, 1.82) is 5.41 Å². The van der Waals surface area contributed by atoms with Crippen LogP contribution in [0.3, 0.4) is 0 Å². The molecule has 0 saturated carbocycles. The molecule has 58 valence electrons. The summed E-state index contributed by atoms with van der Waals surface area (Å²) in [6.07, 6.45) is 4.89. The molecular weight excluding hydrogens is 142 g/mol. The molecule has 0 atom stereocenters. The van der Waals surface area contributed by atoms with Crippen LogP contribution in [0.2, 0.25) is 0 Å². The van der Waals surface area contributed by atoms with E-state index in [1.807, 2.05) is 0 Å². The highest BCUT2D eigenvalue weighted by molar-refractivity contribution is 6.11. The maximum absolute atomic E-state index is 10.6. The second kappa shape index (κ2) is 4.29. The Labute approximate surface area is 65.6 Å². The largest absolute Gasteiger partial charge is 0.469 e. The lowest BCUT2D eigenvalue weighted by Gasteiger charge is -1.99. The Morgan fingerprint density at radius 2 is 2.36 bits per heavy atom. The minimum Gasteiger partial charge on any atom is -0.469 e. The van der Waals surface area contributed by atoms with Gasteiger partial charge in [0.25, 0.3) is 0 Å². The molecule has 0 saturated heterocycles. The SMILES string of the molecule is C#CC(=N)C(=C)CC(=O)OC. The van der Waals surface area contributed by atoms with Crippen LogP contribution in [0.15, 0.2) is 12.2 Å². The first-order valence-corrected chi connectivity index (χ1v) is 2.92. The van der Waals surface area contributed by atoms with E-state index in [0.717, 1.165) is 0 Å². The molecule has 0 bridgehead atoms. The van der Waals surface area contributed by atoms with E-state index in [-0.39, 0.29) is 12.1 Å². The molecule has 0 rings (SSSR count). The lowest BCUT2D eigenvalue weighted by molar-refractivity contribution is -0.139. The van der Waals surface area contributed by atoms with Crippen LogP contribution in [-0.2, 0) is 9.53 Å². The van der Waals surface area contributed by atoms with Gasteiger partial charge in [0.2, 0.25) is 0 Å². The molecule has 0 aliphatic heterocycles. The van der Waals surface area contributed by atoms with E-state index >= 15 is 0 Å². The summed E-state index contributed by atoms with van der Waals surface area (Å²) in [5.41, 5.74) is 0.245. The van der Waals surface area contributed by atoms with Gasteiger partial charge >= 0.3 is 5.97 Å². The second-order valence-electron chi connectivity index (χ2n) is 1.88. The van der Waals surface area contributed by atoms with E-state index in [4.69, 9.17) is 11.8 Å². The Hall–Kier alpha value is -1.56. The zero-order valence-electron chi connectivity index (χ0n) is 6.31. The van der Waals surface area contributed by atoms with Gasteiger partial charge in [0.15, 0.2) is 0 Å². The van der Waals surface area contributed by atoms with E-state index in [1.165, 1.54) is 7.11 Å². The summed E-state index contributed by atoms with van der Waals surface area (Å²) in [6.45, 7) is 3.45. The summed E-state index contributed by atoms with van der Waals surface area (Å²) in [5.74, 6) is 1.63. The number of nitrogens with one attached hydrogen (secondary N) is 1. The highest BCUT2D eigenvalue weighted by Crippen LogP contribution is 2.00. The van der Waals surface area contributed by atoms with Crippen LogP contribution in [0.1, 0.15) is 6.42 Å². The lowest BCUT2D eigenvalue weighted by atomic mass is 10.1. The molecule has 0 aliphatic carbocycles. The molecule has 0 radical (unpaired) electrons. The van der Waals surface area contributed by atoms with Crippen molar-refractivity contribution in [3.8, 4) is 12.3 Å². The predicted molar refractivity (Wildman–Crippen MR) is 42.3 cm³/mol. The third-order valence-electron chi connectivity index (χ3n) is 1.08. The molecule has 0 fully saturated rings. The fourth-order valence-electron chi connectivity index (χ4n) is 0.437. The second-order valence-corrected chi connectivity index (χ2v) is 1.88. The highest BCUT2D eigenvalue weighted by atomic mass is 16.5. The first kappa shape index (κ1) is 9.44. The molecule has 0 amide bonds.